The highest BCUT2D eigenvalue weighted by molar-refractivity contribution is 7.91. The van der Waals surface area contributed by atoms with Crippen molar-refractivity contribution in [2.75, 3.05) is 50.8 Å². The Morgan fingerprint density at radius 1 is 0.842 bits per heavy atom. The summed E-state index contributed by atoms with van der Waals surface area (Å²) >= 11 is 0. The lowest BCUT2D eigenvalue weighted by Gasteiger charge is -2.27. The molecule has 0 saturated carbocycles. The van der Waals surface area contributed by atoms with Gasteiger partial charge in [-0.1, -0.05) is 0 Å². The van der Waals surface area contributed by atoms with Gasteiger partial charge in [-0.2, -0.15) is 17.0 Å². The first kappa shape index (κ1) is 15.2. The maximum absolute atomic E-state index is 12.5. The molecule has 1 N–H and O–H groups in total. The normalized spacial score (nSPS) is 27.6. The number of sulfone groups is 1. The van der Waals surface area contributed by atoms with Crippen LogP contribution in [-0.4, -0.2) is 76.2 Å². The quantitative estimate of drug-likeness (QED) is 0.681. The summed E-state index contributed by atoms with van der Waals surface area (Å²) in [4.78, 5) is 0. The average Bonchev–Trinajstić information content (AvgIpc) is 2.69. The van der Waals surface area contributed by atoms with E-state index < -0.39 is 20.0 Å². The van der Waals surface area contributed by atoms with Crippen LogP contribution >= 0.6 is 0 Å². The zero-order chi connectivity index (χ0) is 13.9. The Morgan fingerprint density at radius 2 is 1.53 bits per heavy atom. The Hall–Kier alpha value is -0.220. The molecule has 2 fully saturated rings. The van der Waals surface area contributed by atoms with Gasteiger partial charge in [0.1, 0.15) is 0 Å². The van der Waals surface area contributed by atoms with Crippen LogP contribution in [0.25, 0.3) is 0 Å². The van der Waals surface area contributed by atoms with E-state index in [9.17, 15) is 16.8 Å². The van der Waals surface area contributed by atoms with E-state index in [0.29, 0.717) is 32.6 Å². The van der Waals surface area contributed by atoms with Gasteiger partial charge in [-0.05, 0) is 19.4 Å². The third-order valence-electron chi connectivity index (χ3n) is 3.47. The molecule has 2 aliphatic heterocycles. The van der Waals surface area contributed by atoms with Gasteiger partial charge in [-0.25, -0.2) is 8.42 Å². The van der Waals surface area contributed by atoms with Gasteiger partial charge in [0.2, 0.25) is 0 Å². The van der Waals surface area contributed by atoms with Crippen LogP contribution in [-0.2, 0) is 20.0 Å². The monoisotopic (exact) mass is 311 g/mol. The first-order valence-electron chi connectivity index (χ1n) is 6.58. The molecular weight excluding hydrogens is 290 g/mol. The average molecular weight is 311 g/mol. The molecule has 0 amide bonds. The fourth-order valence-electron chi connectivity index (χ4n) is 2.36. The SMILES string of the molecule is O=S1(=O)CCCN(S(=O)(=O)N2CCCNCC2)CC1. The Bertz CT molecular complexity index is 495. The van der Waals surface area contributed by atoms with Crippen LogP contribution in [0.1, 0.15) is 12.8 Å². The van der Waals surface area contributed by atoms with Gasteiger partial charge in [0.15, 0.2) is 9.84 Å². The van der Waals surface area contributed by atoms with Crippen molar-refractivity contribution in [1.82, 2.24) is 13.9 Å². The van der Waals surface area contributed by atoms with Crippen molar-refractivity contribution in [3.05, 3.63) is 0 Å². The fraction of sp³-hybridized carbons (Fsp3) is 1.00. The minimum atomic E-state index is -3.52. The van der Waals surface area contributed by atoms with Gasteiger partial charge in [-0.3, -0.25) is 0 Å². The van der Waals surface area contributed by atoms with Crippen molar-refractivity contribution >= 4 is 20.0 Å². The molecule has 0 aromatic rings. The Balaban J connectivity index is 2.10. The summed E-state index contributed by atoms with van der Waals surface area (Å²) in [6, 6.07) is 0. The van der Waals surface area contributed by atoms with Gasteiger partial charge in [-0.15, -0.1) is 0 Å². The molecule has 0 unspecified atom stereocenters. The second kappa shape index (κ2) is 6.04. The molecule has 0 radical (unpaired) electrons. The van der Waals surface area contributed by atoms with E-state index in [-0.39, 0.29) is 18.1 Å². The van der Waals surface area contributed by atoms with E-state index in [1.165, 1.54) is 8.61 Å². The van der Waals surface area contributed by atoms with Crippen molar-refractivity contribution in [2.45, 2.75) is 12.8 Å². The number of nitrogens with one attached hydrogen (secondary N) is 1. The number of nitrogens with zero attached hydrogens (tertiary/aromatic N) is 2. The zero-order valence-electron chi connectivity index (χ0n) is 10.9. The molecule has 112 valence electrons. The van der Waals surface area contributed by atoms with Crippen LogP contribution in [0.2, 0.25) is 0 Å². The van der Waals surface area contributed by atoms with Crippen molar-refractivity contribution in [2.24, 2.45) is 0 Å². The first-order chi connectivity index (χ1) is 8.92. The standard InChI is InChI=1S/C10H21N3O4S2/c14-18(15)9-2-6-13(8-10-18)19(16,17)12-5-1-3-11-4-7-12/h11H,1-10H2. The molecule has 0 aromatic carbocycles. The molecule has 2 rings (SSSR count). The first-order valence-corrected chi connectivity index (χ1v) is 9.80. The highest BCUT2D eigenvalue weighted by Gasteiger charge is 2.32. The van der Waals surface area contributed by atoms with E-state index >= 15 is 0 Å². The maximum Gasteiger partial charge on any atom is 0.282 e. The Kier molecular flexibility index (Phi) is 4.83. The summed E-state index contributed by atoms with van der Waals surface area (Å²) in [5, 5.41) is 3.16. The topological polar surface area (TPSA) is 86.8 Å². The summed E-state index contributed by atoms with van der Waals surface area (Å²) in [6.07, 6.45) is 1.17. The number of hydrogen-bond acceptors (Lipinski definition) is 5. The van der Waals surface area contributed by atoms with E-state index in [4.69, 9.17) is 0 Å². The van der Waals surface area contributed by atoms with Gasteiger partial charge in [0.25, 0.3) is 10.2 Å². The summed E-state index contributed by atoms with van der Waals surface area (Å²) in [5.41, 5.74) is 0. The van der Waals surface area contributed by atoms with Crippen LogP contribution in [0.4, 0.5) is 0 Å². The van der Waals surface area contributed by atoms with E-state index in [1.807, 2.05) is 0 Å². The van der Waals surface area contributed by atoms with Crippen LogP contribution < -0.4 is 5.32 Å². The van der Waals surface area contributed by atoms with Crippen molar-refractivity contribution < 1.29 is 16.8 Å². The molecule has 9 heteroatoms. The molecule has 19 heavy (non-hydrogen) atoms. The van der Waals surface area contributed by atoms with Crippen LogP contribution in [0, 0.1) is 0 Å². The van der Waals surface area contributed by atoms with Gasteiger partial charge in [0, 0.05) is 32.7 Å². The lowest BCUT2D eigenvalue weighted by atomic mass is 10.4. The molecule has 0 spiro atoms. The summed E-state index contributed by atoms with van der Waals surface area (Å²) in [7, 11) is -6.61. The Morgan fingerprint density at radius 3 is 2.32 bits per heavy atom. The van der Waals surface area contributed by atoms with Gasteiger partial charge >= 0.3 is 0 Å². The lowest BCUT2D eigenvalue weighted by molar-refractivity contribution is 0.354. The summed E-state index contributed by atoms with van der Waals surface area (Å²) in [5.74, 6) is 0.0128. The second-order valence-electron chi connectivity index (χ2n) is 4.91. The van der Waals surface area contributed by atoms with Crippen molar-refractivity contribution in [1.29, 1.82) is 0 Å². The van der Waals surface area contributed by atoms with Crippen LogP contribution in [0.3, 0.4) is 0 Å². The molecule has 2 saturated heterocycles. The highest BCUT2D eigenvalue weighted by atomic mass is 32.2. The molecule has 7 nitrogen and oxygen atoms in total. The van der Waals surface area contributed by atoms with Gasteiger partial charge in [0.05, 0.1) is 11.5 Å². The molecule has 2 aliphatic rings. The largest absolute Gasteiger partial charge is 0.315 e. The number of rotatable bonds is 2. The second-order valence-corrected chi connectivity index (χ2v) is 9.15. The predicted octanol–water partition coefficient (Wildman–Crippen LogP) is -1.35. The molecule has 0 aromatic heterocycles. The molecule has 0 aliphatic carbocycles. The third-order valence-corrected chi connectivity index (χ3v) is 7.22. The van der Waals surface area contributed by atoms with E-state index in [0.717, 1.165) is 13.0 Å². The maximum atomic E-state index is 12.5. The predicted molar refractivity (Wildman–Crippen MR) is 72.8 cm³/mol. The lowest BCUT2D eigenvalue weighted by Crippen LogP contribution is -2.46. The summed E-state index contributed by atoms with van der Waals surface area (Å²) < 4.78 is 50.8. The highest BCUT2D eigenvalue weighted by Crippen LogP contribution is 2.14. The third kappa shape index (κ3) is 3.88. The van der Waals surface area contributed by atoms with E-state index in [1.54, 1.807) is 0 Å². The fourth-order valence-corrected chi connectivity index (χ4v) is 5.44. The summed E-state index contributed by atoms with van der Waals surface area (Å²) in [6.45, 7) is 2.79. The zero-order valence-corrected chi connectivity index (χ0v) is 12.5. The molecule has 0 bridgehead atoms. The van der Waals surface area contributed by atoms with E-state index in [2.05, 4.69) is 5.32 Å². The smallest absolute Gasteiger partial charge is 0.282 e. The van der Waals surface area contributed by atoms with Crippen LogP contribution in [0.5, 0.6) is 0 Å². The number of hydrogen-bond donors (Lipinski definition) is 1. The van der Waals surface area contributed by atoms with Crippen LogP contribution in [0.15, 0.2) is 0 Å². The van der Waals surface area contributed by atoms with Crippen molar-refractivity contribution in [3.63, 3.8) is 0 Å². The minimum absolute atomic E-state index is 0.0711. The van der Waals surface area contributed by atoms with Crippen molar-refractivity contribution in [3.8, 4) is 0 Å². The van der Waals surface area contributed by atoms with Gasteiger partial charge < -0.3 is 5.32 Å². The molecule has 0 atom stereocenters. The minimum Gasteiger partial charge on any atom is -0.315 e. The molecule has 2 heterocycles. The molecular formula is C10H21N3O4S2. The Labute approximate surface area is 115 Å².